The molecule has 0 unspecified atom stereocenters. The van der Waals surface area contributed by atoms with Crippen molar-refractivity contribution >= 4 is 11.7 Å². The molecule has 0 aromatic heterocycles. The third kappa shape index (κ3) is 4.95. The summed E-state index contributed by atoms with van der Waals surface area (Å²) in [4.78, 5) is 24.2. The number of benzene rings is 2. The highest BCUT2D eigenvalue weighted by Crippen LogP contribution is 2.15. The fourth-order valence-corrected chi connectivity index (χ4v) is 2.11. The molecule has 0 aliphatic heterocycles. The number of hydrogen-bond donors (Lipinski definition) is 1. The topological polar surface area (TPSA) is 55.4 Å². The minimum Gasteiger partial charge on any atom is -0.484 e. The quantitative estimate of drug-likeness (QED) is 0.791. The van der Waals surface area contributed by atoms with Gasteiger partial charge in [0.05, 0.1) is 0 Å². The van der Waals surface area contributed by atoms with Gasteiger partial charge in [-0.05, 0) is 44.5 Å². The fraction of sp³-hybridized carbons (Fsp3) is 0.300. The number of nitrogens with one attached hydrogen (secondary N) is 1. The van der Waals surface area contributed by atoms with E-state index in [9.17, 15) is 9.59 Å². The highest BCUT2D eigenvalue weighted by atomic mass is 16.5. The molecule has 0 fully saturated rings. The fourth-order valence-electron chi connectivity index (χ4n) is 2.11. The van der Waals surface area contributed by atoms with Crippen LogP contribution < -0.4 is 10.1 Å². The molecule has 0 atom stereocenters. The summed E-state index contributed by atoms with van der Waals surface area (Å²) < 4.78 is 5.48. The smallest absolute Gasteiger partial charge is 0.258 e. The van der Waals surface area contributed by atoms with Crippen molar-refractivity contribution in [1.82, 2.24) is 5.32 Å². The molecule has 0 aliphatic carbocycles. The second-order valence-corrected chi connectivity index (χ2v) is 6.29. The molecule has 0 radical (unpaired) electrons. The molecular formula is C20H23NO3. The summed E-state index contributed by atoms with van der Waals surface area (Å²) in [7, 11) is 0. The maximum atomic E-state index is 12.3. The highest BCUT2D eigenvalue weighted by Gasteiger charge is 2.18. The molecule has 2 aromatic rings. The van der Waals surface area contributed by atoms with E-state index in [1.54, 1.807) is 36.4 Å². The van der Waals surface area contributed by atoms with Gasteiger partial charge >= 0.3 is 0 Å². The molecule has 4 nitrogen and oxygen atoms in total. The average molecular weight is 325 g/mol. The van der Waals surface area contributed by atoms with E-state index in [2.05, 4.69) is 5.32 Å². The van der Waals surface area contributed by atoms with Gasteiger partial charge in [-0.1, -0.05) is 37.3 Å². The molecule has 0 aliphatic rings. The van der Waals surface area contributed by atoms with Crippen LogP contribution in [0.15, 0.2) is 54.6 Å². The van der Waals surface area contributed by atoms with Crippen LogP contribution in [0.1, 0.15) is 43.1 Å². The van der Waals surface area contributed by atoms with Gasteiger partial charge in [-0.15, -0.1) is 0 Å². The van der Waals surface area contributed by atoms with E-state index in [4.69, 9.17) is 4.74 Å². The van der Waals surface area contributed by atoms with E-state index in [0.29, 0.717) is 16.9 Å². The highest BCUT2D eigenvalue weighted by molar-refractivity contribution is 6.08. The number of amides is 1. The minimum atomic E-state index is -0.244. The summed E-state index contributed by atoms with van der Waals surface area (Å²) >= 11 is 0. The first-order valence-electron chi connectivity index (χ1n) is 8.05. The zero-order valence-electron chi connectivity index (χ0n) is 14.3. The zero-order chi connectivity index (χ0) is 17.6. The lowest BCUT2D eigenvalue weighted by molar-refractivity contribution is -0.124. The Bertz CT molecular complexity index is 691. The second-order valence-electron chi connectivity index (χ2n) is 6.29. The maximum absolute atomic E-state index is 12.3. The first-order chi connectivity index (χ1) is 11.4. The molecule has 0 heterocycles. The molecule has 24 heavy (non-hydrogen) atoms. The average Bonchev–Trinajstić information content (AvgIpc) is 2.60. The predicted molar refractivity (Wildman–Crippen MR) is 94.3 cm³/mol. The minimum absolute atomic E-state index is 0.0374. The molecule has 0 saturated carbocycles. The molecule has 4 heteroatoms. The largest absolute Gasteiger partial charge is 0.484 e. The van der Waals surface area contributed by atoms with Crippen molar-refractivity contribution in [1.29, 1.82) is 0 Å². The van der Waals surface area contributed by atoms with Crippen molar-refractivity contribution in [2.24, 2.45) is 0 Å². The molecule has 1 N–H and O–H groups in total. The van der Waals surface area contributed by atoms with Gasteiger partial charge in [0.25, 0.3) is 5.91 Å². The van der Waals surface area contributed by atoms with Crippen LogP contribution in [0, 0.1) is 0 Å². The van der Waals surface area contributed by atoms with Crippen LogP contribution in [-0.4, -0.2) is 23.8 Å². The Morgan fingerprint density at radius 2 is 1.54 bits per heavy atom. The van der Waals surface area contributed by atoms with Crippen molar-refractivity contribution in [3.8, 4) is 5.75 Å². The number of ether oxygens (including phenoxy) is 1. The molecule has 0 saturated heterocycles. The van der Waals surface area contributed by atoms with E-state index >= 15 is 0 Å². The third-order valence-corrected chi connectivity index (χ3v) is 3.88. The van der Waals surface area contributed by atoms with Gasteiger partial charge in [-0.2, -0.15) is 0 Å². The first kappa shape index (κ1) is 17.7. The van der Waals surface area contributed by atoms with E-state index in [1.165, 1.54) is 0 Å². The summed E-state index contributed by atoms with van der Waals surface area (Å²) in [6.07, 6.45) is 0.842. The zero-order valence-corrected chi connectivity index (χ0v) is 14.3. The van der Waals surface area contributed by atoms with Gasteiger partial charge in [-0.3, -0.25) is 9.59 Å². The molecule has 0 bridgehead atoms. The molecule has 0 spiro atoms. The second kappa shape index (κ2) is 7.77. The van der Waals surface area contributed by atoms with Crippen molar-refractivity contribution < 1.29 is 14.3 Å². The van der Waals surface area contributed by atoms with E-state index < -0.39 is 0 Å². The monoisotopic (exact) mass is 325 g/mol. The van der Waals surface area contributed by atoms with Crippen LogP contribution >= 0.6 is 0 Å². The van der Waals surface area contributed by atoms with Crippen LogP contribution in [0.4, 0.5) is 0 Å². The summed E-state index contributed by atoms with van der Waals surface area (Å²) in [6.45, 7) is 5.91. The number of ketones is 1. The van der Waals surface area contributed by atoms with Crippen LogP contribution in [0.5, 0.6) is 5.75 Å². The third-order valence-electron chi connectivity index (χ3n) is 3.88. The lowest BCUT2D eigenvalue weighted by Crippen LogP contribution is -2.44. The summed E-state index contributed by atoms with van der Waals surface area (Å²) in [6, 6.07) is 15.9. The molecule has 2 rings (SSSR count). The Balaban J connectivity index is 1.93. The van der Waals surface area contributed by atoms with E-state index in [-0.39, 0.29) is 23.8 Å². The van der Waals surface area contributed by atoms with Crippen LogP contribution in [0.3, 0.4) is 0 Å². The molecule has 2 aromatic carbocycles. The first-order valence-corrected chi connectivity index (χ1v) is 8.05. The predicted octanol–water partition coefficient (Wildman–Crippen LogP) is 3.60. The molecule has 1 amide bonds. The summed E-state index contributed by atoms with van der Waals surface area (Å²) in [5, 5.41) is 2.91. The van der Waals surface area contributed by atoms with Crippen molar-refractivity contribution in [2.45, 2.75) is 32.7 Å². The Kier molecular flexibility index (Phi) is 5.74. The van der Waals surface area contributed by atoms with Gasteiger partial charge < -0.3 is 10.1 Å². The SMILES string of the molecule is CCC(C)(C)NC(=O)COc1ccc(C(=O)c2ccccc2)cc1. The van der Waals surface area contributed by atoms with Crippen molar-refractivity contribution in [2.75, 3.05) is 6.61 Å². The Morgan fingerprint density at radius 1 is 0.958 bits per heavy atom. The lowest BCUT2D eigenvalue weighted by Gasteiger charge is -2.24. The Morgan fingerprint density at radius 3 is 2.12 bits per heavy atom. The van der Waals surface area contributed by atoms with E-state index in [1.807, 2.05) is 39.0 Å². The number of carbonyl (C=O) groups is 2. The maximum Gasteiger partial charge on any atom is 0.258 e. The van der Waals surface area contributed by atoms with Crippen LogP contribution in [0.2, 0.25) is 0 Å². The van der Waals surface area contributed by atoms with E-state index in [0.717, 1.165) is 6.42 Å². The van der Waals surface area contributed by atoms with Gasteiger partial charge in [0.15, 0.2) is 12.4 Å². The molecular weight excluding hydrogens is 302 g/mol. The van der Waals surface area contributed by atoms with Gasteiger partial charge in [0.2, 0.25) is 0 Å². The van der Waals surface area contributed by atoms with Crippen LogP contribution in [-0.2, 0) is 4.79 Å². The number of hydrogen-bond acceptors (Lipinski definition) is 3. The normalized spacial score (nSPS) is 11.0. The van der Waals surface area contributed by atoms with Gasteiger partial charge in [0.1, 0.15) is 5.75 Å². The summed E-state index contributed by atoms with van der Waals surface area (Å²) in [5.41, 5.74) is 0.990. The lowest BCUT2D eigenvalue weighted by atomic mass is 10.0. The standard InChI is InChI=1S/C20H23NO3/c1-4-20(2,3)21-18(22)14-24-17-12-10-16(11-13-17)19(23)15-8-6-5-7-9-15/h5-13H,4,14H2,1-3H3,(H,21,22). The van der Waals surface area contributed by atoms with Crippen molar-refractivity contribution in [3.05, 3.63) is 65.7 Å². The Hall–Kier alpha value is -2.62. The number of carbonyl (C=O) groups excluding carboxylic acids is 2. The van der Waals surface area contributed by atoms with Gasteiger partial charge in [-0.25, -0.2) is 0 Å². The Labute approximate surface area is 142 Å². The summed E-state index contributed by atoms with van der Waals surface area (Å²) in [5.74, 6) is 0.361. The van der Waals surface area contributed by atoms with Crippen molar-refractivity contribution in [3.63, 3.8) is 0 Å². The number of rotatable bonds is 7. The molecule has 126 valence electrons. The van der Waals surface area contributed by atoms with Gasteiger partial charge in [0, 0.05) is 16.7 Å². The van der Waals surface area contributed by atoms with Crippen LogP contribution in [0.25, 0.3) is 0 Å².